The number of benzene rings is 1. The number of nitrogens with one attached hydrogen (secondary N) is 2. The predicted molar refractivity (Wildman–Crippen MR) is 104 cm³/mol. The Morgan fingerprint density at radius 2 is 2.07 bits per heavy atom. The van der Waals surface area contributed by atoms with Gasteiger partial charge in [0, 0.05) is 18.3 Å². The third-order valence-corrected chi connectivity index (χ3v) is 5.60. The minimum absolute atomic E-state index is 0.285. The molecule has 0 spiro atoms. The van der Waals surface area contributed by atoms with Gasteiger partial charge < -0.3 is 15.4 Å². The van der Waals surface area contributed by atoms with Crippen LogP contribution in [-0.2, 0) is 9.53 Å². The standard InChI is InChI=1S/C21H29N3O3/c1-13-8-9-16(14(2)11-13)19-18(20(25)27-4)17(22-21(26)23-19)12-24-10-6-5-7-15(24)3/h8-9,11,15,19H,5-7,10,12H2,1-4H3,(H2,22,23,26)/t15-,19-/m1/s1. The molecule has 1 fully saturated rings. The maximum Gasteiger partial charge on any atom is 0.338 e. The van der Waals surface area contributed by atoms with Gasteiger partial charge in [0.2, 0.25) is 0 Å². The molecule has 2 aliphatic heterocycles. The quantitative estimate of drug-likeness (QED) is 0.799. The minimum Gasteiger partial charge on any atom is -0.466 e. The molecule has 0 aliphatic carbocycles. The van der Waals surface area contributed by atoms with E-state index in [4.69, 9.17) is 4.74 Å². The Kier molecular flexibility index (Phi) is 5.85. The monoisotopic (exact) mass is 371 g/mol. The van der Waals surface area contributed by atoms with E-state index in [1.54, 1.807) is 0 Å². The number of urea groups is 1. The average Bonchev–Trinajstić information content (AvgIpc) is 2.62. The molecule has 1 saturated heterocycles. The summed E-state index contributed by atoms with van der Waals surface area (Å²) in [6, 6.07) is 5.67. The fourth-order valence-electron chi connectivity index (χ4n) is 4.07. The molecule has 6 heteroatoms. The number of likely N-dealkylation sites (tertiary alicyclic amines) is 1. The SMILES string of the molecule is COC(=O)C1=C(CN2CCCC[C@H]2C)NC(=O)N[C@@H]1c1ccc(C)cc1C. The van der Waals surface area contributed by atoms with Gasteiger partial charge in [-0.2, -0.15) is 0 Å². The smallest absolute Gasteiger partial charge is 0.338 e. The van der Waals surface area contributed by atoms with Crippen LogP contribution >= 0.6 is 0 Å². The van der Waals surface area contributed by atoms with Gasteiger partial charge in [-0.15, -0.1) is 0 Å². The molecule has 1 aromatic rings. The van der Waals surface area contributed by atoms with E-state index in [0.29, 0.717) is 23.9 Å². The summed E-state index contributed by atoms with van der Waals surface area (Å²) < 4.78 is 5.08. The first-order valence-electron chi connectivity index (χ1n) is 9.60. The van der Waals surface area contributed by atoms with Gasteiger partial charge in [-0.05, 0) is 51.3 Å². The van der Waals surface area contributed by atoms with Gasteiger partial charge in [-0.1, -0.05) is 30.2 Å². The van der Waals surface area contributed by atoms with Crippen LogP contribution in [0.15, 0.2) is 29.5 Å². The highest BCUT2D eigenvalue weighted by molar-refractivity contribution is 5.95. The van der Waals surface area contributed by atoms with Crippen LogP contribution in [0.2, 0.25) is 0 Å². The molecular formula is C21H29N3O3. The van der Waals surface area contributed by atoms with Gasteiger partial charge in [0.25, 0.3) is 0 Å². The Morgan fingerprint density at radius 3 is 2.74 bits per heavy atom. The van der Waals surface area contributed by atoms with Crippen molar-refractivity contribution in [3.05, 3.63) is 46.2 Å². The third kappa shape index (κ3) is 4.16. The van der Waals surface area contributed by atoms with Gasteiger partial charge in [-0.25, -0.2) is 9.59 Å². The van der Waals surface area contributed by atoms with Crippen molar-refractivity contribution in [2.75, 3.05) is 20.2 Å². The Balaban J connectivity index is 2.03. The largest absolute Gasteiger partial charge is 0.466 e. The number of ether oxygens (including phenoxy) is 1. The number of hydrogen-bond acceptors (Lipinski definition) is 4. The van der Waals surface area contributed by atoms with Gasteiger partial charge in [0.05, 0.1) is 18.7 Å². The summed E-state index contributed by atoms with van der Waals surface area (Å²) in [5.41, 5.74) is 4.22. The van der Waals surface area contributed by atoms with Crippen LogP contribution < -0.4 is 10.6 Å². The molecule has 2 aliphatic rings. The van der Waals surface area contributed by atoms with E-state index in [0.717, 1.165) is 36.1 Å². The van der Waals surface area contributed by atoms with Crippen LogP contribution in [0.3, 0.4) is 0 Å². The van der Waals surface area contributed by atoms with Crippen molar-refractivity contribution in [2.24, 2.45) is 0 Å². The molecule has 1 aromatic carbocycles. The second kappa shape index (κ2) is 8.13. The number of hydrogen-bond donors (Lipinski definition) is 2. The van der Waals surface area contributed by atoms with Crippen molar-refractivity contribution >= 4 is 12.0 Å². The second-order valence-corrected chi connectivity index (χ2v) is 7.59. The summed E-state index contributed by atoms with van der Waals surface area (Å²) in [6.45, 7) is 7.73. The van der Waals surface area contributed by atoms with Crippen LogP contribution in [-0.4, -0.2) is 43.1 Å². The summed E-state index contributed by atoms with van der Waals surface area (Å²) >= 11 is 0. The number of rotatable bonds is 4. The van der Waals surface area contributed by atoms with E-state index >= 15 is 0 Å². The van der Waals surface area contributed by atoms with Crippen LogP contribution in [0, 0.1) is 13.8 Å². The van der Waals surface area contributed by atoms with Crippen LogP contribution in [0.25, 0.3) is 0 Å². The molecule has 2 heterocycles. The molecule has 146 valence electrons. The van der Waals surface area contributed by atoms with E-state index in [1.165, 1.54) is 13.5 Å². The molecule has 27 heavy (non-hydrogen) atoms. The topological polar surface area (TPSA) is 70.7 Å². The third-order valence-electron chi connectivity index (χ3n) is 5.60. The first-order chi connectivity index (χ1) is 12.9. The molecular weight excluding hydrogens is 342 g/mol. The highest BCUT2D eigenvalue weighted by Crippen LogP contribution is 2.31. The summed E-state index contributed by atoms with van der Waals surface area (Å²) in [4.78, 5) is 27.4. The van der Waals surface area contributed by atoms with E-state index in [2.05, 4.69) is 28.5 Å². The molecule has 2 amide bonds. The molecule has 2 atom stereocenters. The van der Waals surface area contributed by atoms with Crippen molar-refractivity contribution in [1.29, 1.82) is 0 Å². The minimum atomic E-state index is -0.512. The number of amides is 2. The van der Waals surface area contributed by atoms with Crippen LogP contribution in [0.5, 0.6) is 0 Å². The van der Waals surface area contributed by atoms with Gasteiger partial charge in [0.15, 0.2) is 0 Å². The van der Waals surface area contributed by atoms with Crippen molar-refractivity contribution < 1.29 is 14.3 Å². The van der Waals surface area contributed by atoms with Crippen LogP contribution in [0.4, 0.5) is 4.79 Å². The lowest BCUT2D eigenvalue weighted by Gasteiger charge is -2.37. The Hall–Kier alpha value is -2.34. The Bertz CT molecular complexity index is 772. The van der Waals surface area contributed by atoms with E-state index < -0.39 is 12.0 Å². The molecule has 0 unspecified atom stereocenters. The number of esters is 1. The normalized spacial score (nSPS) is 23.6. The zero-order chi connectivity index (χ0) is 19.6. The summed E-state index contributed by atoms with van der Waals surface area (Å²) in [5, 5.41) is 5.78. The molecule has 0 radical (unpaired) electrons. The molecule has 2 N–H and O–H groups in total. The highest BCUT2D eigenvalue weighted by atomic mass is 16.5. The average molecular weight is 371 g/mol. The van der Waals surface area contributed by atoms with Gasteiger partial charge in [0.1, 0.15) is 0 Å². The zero-order valence-electron chi connectivity index (χ0n) is 16.6. The fourth-order valence-corrected chi connectivity index (χ4v) is 4.07. The van der Waals surface area contributed by atoms with Crippen molar-refractivity contribution in [3.63, 3.8) is 0 Å². The summed E-state index contributed by atoms with van der Waals surface area (Å²) in [7, 11) is 1.38. The van der Waals surface area contributed by atoms with Gasteiger partial charge >= 0.3 is 12.0 Å². The number of carbonyl (C=O) groups excluding carboxylic acids is 2. The van der Waals surface area contributed by atoms with E-state index in [-0.39, 0.29) is 6.03 Å². The predicted octanol–water partition coefficient (Wildman–Crippen LogP) is 2.96. The van der Waals surface area contributed by atoms with Gasteiger partial charge in [-0.3, -0.25) is 4.90 Å². The molecule has 6 nitrogen and oxygen atoms in total. The number of nitrogens with zero attached hydrogens (tertiary/aromatic N) is 1. The lowest BCUT2D eigenvalue weighted by Crippen LogP contribution is -2.50. The number of piperidine rings is 1. The van der Waals surface area contributed by atoms with Crippen LogP contribution in [0.1, 0.15) is 48.9 Å². The molecule has 3 rings (SSSR count). The number of carbonyl (C=O) groups is 2. The zero-order valence-corrected chi connectivity index (χ0v) is 16.6. The Morgan fingerprint density at radius 1 is 1.30 bits per heavy atom. The first kappa shape index (κ1) is 19.4. The van der Waals surface area contributed by atoms with E-state index in [9.17, 15) is 9.59 Å². The van der Waals surface area contributed by atoms with Crippen molar-refractivity contribution in [2.45, 2.75) is 52.1 Å². The maximum atomic E-state index is 12.7. The number of methoxy groups -OCH3 is 1. The molecule has 0 bridgehead atoms. The Labute approximate surface area is 161 Å². The highest BCUT2D eigenvalue weighted by Gasteiger charge is 2.35. The molecule has 0 aromatic heterocycles. The first-order valence-corrected chi connectivity index (χ1v) is 9.60. The fraction of sp³-hybridized carbons (Fsp3) is 0.524. The summed E-state index contributed by atoms with van der Waals surface area (Å²) in [5.74, 6) is -0.410. The second-order valence-electron chi connectivity index (χ2n) is 7.59. The van der Waals surface area contributed by atoms with Crippen molar-refractivity contribution in [3.8, 4) is 0 Å². The van der Waals surface area contributed by atoms with Crippen molar-refractivity contribution in [1.82, 2.24) is 15.5 Å². The molecule has 0 saturated carbocycles. The maximum absolute atomic E-state index is 12.7. The number of aryl methyl sites for hydroxylation is 2. The van der Waals surface area contributed by atoms with E-state index in [1.807, 2.05) is 26.0 Å². The lowest BCUT2D eigenvalue weighted by molar-refractivity contribution is -0.136. The lowest BCUT2D eigenvalue weighted by atomic mass is 9.91. The summed E-state index contributed by atoms with van der Waals surface area (Å²) in [6.07, 6.45) is 3.49.